The van der Waals surface area contributed by atoms with Gasteiger partial charge >= 0.3 is 0 Å². The summed E-state index contributed by atoms with van der Waals surface area (Å²) in [6.07, 6.45) is 2.12. The molecule has 80 valence electrons. The quantitative estimate of drug-likeness (QED) is 0.781. The maximum Gasteiger partial charge on any atom is 0.135 e. The van der Waals surface area contributed by atoms with Crippen molar-refractivity contribution in [3.8, 4) is 11.1 Å². The van der Waals surface area contributed by atoms with Gasteiger partial charge in [-0.25, -0.2) is 0 Å². The molecule has 0 saturated heterocycles. The fourth-order valence-electron chi connectivity index (χ4n) is 1.70. The first kappa shape index (κ1) is 10.6. The number of carbonyl (C=O) groups excluding carboxylic acids is 1. The molecule has 0 N–H and O–H groups in total. The Balaban J connectivity index is 2.44. The van der Waals surface area contributed by atoms with Crippen molar-refractivity contribution in [1.29, 1.82) is 0 Å². The predicted molar refractivity (Wildman–Crippen MR) is 64.1 cm³/mol. The lowest BCUT2D eigenvalue weighted by Gasteiger charge is -2.06. The van der Waals surface area contributed by atoms with Crippen molar-refractivity contribution in [2.45, 2.75) is 13.3 Å². The molecule has 0 spiro atoms. The van der Waals surface area contributed by atoms with Crippen LogP contribution >= 0.6 is 0 Å². The molecule has 0 atom stereocenters. The second kappa shape index (κ2) is 4.71. The lowest BCUT2D eigenvalue weighted by atomic mass is 10.0. The Morgan fingerprint density at radius 1 is 1.12 bits per heavy atom. The van der Waals surface area contributed by atoms with Gasteiger partial charge in [0.05, 0.1) is 5.69 Å². The Kier molecular flexibility index (Phi) is 3.10. The third-order valence-electron chi connectivity index (χ3n) is 2.39. The maximum absolute atomic E-state index is 11.2. The fourth-order valence-corrected chi connectivity index (χ4v) is 1.70. The van der Waals surface area contributed by atoms with Gasteiger partial charge in [0, 0.05) is 18.2 Å². The van der Waals surface area contributed by atoms with Gasteiger partial charge in [-0.1, -0.05) is 36.4 Å². The normalized spacial score (nSPS) is 10.1. The van der Waals surface area contributed by atoms with Gasteiger partial charge in [0.2, 0.25) is 0 Å². The number of pyridine rings is 1. The van der Waals surface area contributed by atoms with Crippen molar-refractivity contribution in [2.24, 2.45) is 0 Å². The summed E-state index contributed by atoms with van der Waals surface area (Å²) in [7, 11) is 0. The molecule has 0 aliphatic rings. The number of benzene rings is 1. The molecule has 2 aromatic rings. The molecule has 16 heavy (non-hydrogen) atoms. The molecule has 2 heteroatoms. The van der Waals surface area contributed by atoms with E-state index in [1.54, 1.807) is 13.1 Å². The Hall–Kier alpha value is -1.96. The molecule has 0 amide bonds. The SMILES string of the molecule is CC(=O)Cc1ncccc1-c1ccccc1. The van der Waals surface area contributed by atoms with Gasteiger partial charge in [-0.15, -0.1) is 0 Å². The molecule has 1 aromatic heterocycles. The Labute approximate surface area is 95.0 Å². The van der Waals surface area contributed by atoms with Gasteiger partial charge in [0.15, 0.2) is 0 Å². The number of aromatic nitrogens is 1. The average Bonchev–Trinajstić information content (AvgIpc) is 2.30. The summed E-state index contributed by atoms with van der Waals surface area (Å²) in [5, 5.41) is 0. The Morgan fingerprint density at radius 3 is 2.56 bits per heavy atom. The van der Waals surface area contributed by atoms with Gasteiger partial charge in [-0.2, -0.15) is 0 Å². The molecular weight excluding hydrogens is 198 g/mol. The third-order valence-corrected chi connectivity index (χ3v) is 2.39. The number of nitrogens with zero attached hydrogens (tertiary/aromatic N) is 1. The third kappa shape index (κ3) is 2.34. The number of hydrogen-bond donors (Lipinski definition) is 0. The Bertz CT molecular complexity index is 491. The number of hydrogen-bond acceptors (Lipinski definition) is 2. The van der Waals surface area contributed by atoms with Gasteiger partial charge in [-0.05, 0) is 18.6 Å². The number of ketones is 1. The highest BCUT2D eigenvalue weighted by Crippen LogP contribution is 2.21. The molecule has 0 aliphatic heterocycles. The fraction of sp³-hybridized carbons (Fsp3) is 0.143. The minimum atomic E-state index is 0.135. The topological polar surface area (TPSA) is 30.0 Å². The molecule has 2 nitrogen and oxygen atoms in total. The molecular formula is C14H13NO. The molecule has 0 bridgehead atoms. The van der Waals surface area contributed by atoms with Crippen LogP contribution in [0.1, 0.15) is 12.6 Å². The summed E-state index contributed by atoms with van der Waals surface area (Å²) in [4.78, 5) is 15.4. The minimum Gasteiger partial charge on any atom is -0.300 e. The van der Waals surface area contributed by atoms with Crippen LogP contribution in [-0.2, 0) is 11.2 Å². The van der Waals surface area contributed by atoms with Gasteiger partial charge in [0.1, 0.15) is 5.78 Å². The first-order chi connectivity index (χ1) is 7.77. The summed E-state index contributed by atoms with van der Waals surface area (Å²) in [6, 6.07) is 13.9. The van der Waals surface area contributed by atoms with Crippen LogP contribution in [0, 0.1) is 0 Å². The zero-order valence-corrected chi connectivity index (χ0v) is 9.18. The van der Waals surface area contributed by atoms with Gasteiger partial charge in [0.25, 0.3) is 0 Å². The van der Waals surface area contributed by atoms with Crippen LogP contribution < -0.4 is 0 Å². The largest absolute Gasteiger partial charge is 0.300 e. The molecule has 2 rings (SSSR count). The van der Waals surface area contributed by atoms with E-state index in [1.807, 2.05) is 42.5 Å². The van der Waals surface area contributed by atoms with E-state index in [-0.39, 0.29) is 5.78 Å². The molecule has 1 heterocycles. The van der Waals surface area contributed by atoms with E-state index in [2.05, 4.69) is 4.98 Å². The van der Waals surface area contributed by atoms with Crippen molar-refractivity contribution in [3.05, 3.63) is 54.4 Å². The van der Waals surface area contributed by atoms with Crippen LogP contribution in [0.15, 0.2) is 48.7 Å². The highest BCUT2D eigenvalue weighted by Gasteiger charge is 2.07. The zero-order valence-electron chi connectivity index (χ0n) is 9.18. The van der Waals surface area contributed by atoms with Crippen LogP contribution in [0.5, 0.6) is 0 Å². The Morgan fingerprint density at radius 2 is 1.88 bits per heavy atom. The van der Waals surface area contributed by atoms with Crippen molar-refractivity contribution >= 4 is 5.78 Å². The summed E-state index contributed by atoms with van der Waals surface area (Å²) < 4.78 is 0. The van der Waals surface area contributed by atoms with Crippen LogP contribution in [0.25, 0.3) is 11.1 Å². The lowest BCUT2D eigenvalue weighted by Crippen LogP contribution is -2.01. The van der Waals surface area contributed by atoms with Crippen molar-refractivity contribution in [3.63, 3.8) is 0 Å². The van der Waals surface area contributed by atoms with Gasteiger partial charge in [-0.3, -0.25) is 9.78 Å². The first-order valence-electron chi connectivity index (χ1n) is 5.26. The van der Waals surface area contributed by atoms with E-state index < -0.39 is 0 Å². The van der Waals surface area contributed by atoms with Crippen molar-refractivity contribution < 1.29 is 4.79 Å². The molecule has 0 saturated carbocycles. The van der Waals surface area contributed by atoms with E-state index >= 15 is 0 Å². The molecule has 0 unspecified atom stereocenters. The van der Waals surface area contributed by atoms with Crippen molar-refractivity contribution in [1.82, 2.24) is 4.98 Å². The van der Waals surface area contributed by atoms with Crippen molar-refractivity contribution in [2.75, 3.05) is 0 Å². The van der Waals surface area contributed by atoms with Crippen LogP contribution in [0.4, 0.5) is 0 Å². The summed E-state index contributed by atoms with van der Waals surface area (Å²) in [5.41, 5.74) is 2.99. The molecule has 0 radical (unpaired) electrons. The minimum absolute atomic E-state index is 0.135. The zero-order chi connectivity index (χ0) is 11.4. The number of Topliss-reactive ketones (excluding diaryl/α,β-unsaturated/α-hetero) is 1. The molecule has 1 aromatic carbocycles. The van der Waals surface area contributed by atoms with Crippen LogP contribution in [0.2, 0.25) is 0 Å². The van der Waals surface area contributed by atoms with Crippen LogP contribution in [-0.4, -0.2) is 10.8 Å². The van der Waals surface area contributed by atoms with E-state index in [0.29, 0.717) is 6.42 Å². The molecule has 0 aliphatic carbocycles. The monoisotopic (exact) mass is 211 g/mol. The molecule has 0 fully saturated rings. The van der Waals surface area contributed by atoms with E-state index in [1.165, 1.54) is 0 Å². The first-order valence-corrected chi connectivity index (χ1v) is 5.26. The highest BCUT2D eigenvalue weighted by molar-refractivity contribution is 5.80. The summed E-state index contributed by atoms with van der Waals surface area (Å²) in [5.74, 6) is 0.135. The van der Waals surface area contributed by atoms with E-state index in [9.17, 15) is 4.79 Å². The second-order valence-electron chi connectivity index (χ2n) is 3.74. The number of carbonyl (C=O) groups is 1. The maximum atomic E-state index is 11.2. The van der Waals surface area contributed by atoms with E-state index in [4.69, 9.17) is 0 Å². The number of rotatable bonds is 3. The second-order valence-corrected chi connectivity index (χ2v) is 3.74. The van der Waals surface area contributed by atoms with Crippen LogP contribution in [0.3, 0.4) is 0 Å². The smallest absolute Gasteiger partial charge is 0.135 e. The predicted octanol–water partition coefficient (Wildman–Crippen LogP) is 2.88. The van der Waals surface area contributed by atoms with Gasteiger partial charge < -0.3 is 0 Å². The lowest BCUT2D eigenvalue weighted by molar-refractivity contribution is -0.116. The summed E-state index contributed by atoms with van der Waals surface area (Å²) >= 11 is 0. The standard InChI is InChI=1S/C14H13NO/c1-11(16)10-14-13(8-5-9-15-14)12-6-3-2-4-7-12/h2-9H,10H2,1H3. The highest BCUT2D eigenvalue weighted by atomic mass is 16.1. The average molecular weight is 211 g/mol. The van der Waals surface area contributed by atoms with E-state index in [0.717, 1.165) is 16.8 Å². The summed E-state index contributed by atoms with van der Waals surface area (Å²) in [6.45, 7) is 1.59.